The number of hydrogen-bond donors (Lipinski definition) is 1. The Kier molecular flexibility index (Phi) is 8.44. The highest BCUT2D eigenvalue weighted by atomic mass is 19.4. The van der Waals surface area contributed by atoms with Crippen molar-refractivity contribution in [2.75, 3.05) is 6.54 Å². The van der Waals surface area contributed by atoms with Gasteiger partial charge in [0.05, 0.1) is 0 Å². The van der Waals surface area contributed by atoms with E-state index < -0.39 is 29.6 Å². The van der Waals surface area contributed by atoms with E-state index in [0.717, 1.165) is 37.0 Å². The first-order valence-corrected chi connectivity index (χ1v) is 13.9. The standard InChI is InChI=1S/C32H31F6NO3/c33-31(34,35)41-27-10-4-8-25(17-27)30(19-21-6-2-1-3-7-21,26-9-5-11-28(18-26)42-32(36,37)38)20-39-29(40)16-24-15-22-12-13-23(24)14-22/h1-11,17-18,22-24H,12-16,19-20H2,(H,39,40)/t22-,23+,24+/m0/s1. The smallest absolute Gasteiger partial charge is 0.406 e. The summed E-state index contributed by atoms with van der Waals surface area (Å²) >= 11 is 0. The number of carbonyl (C=O) groups excluding carboxylic acids is 1. The molecule has 0 aromatic heterocycles. The van der Waals surface area contributed by atoms with Crippen molar-refractivity contribution in [2.24, 2.45) is 17.8 Å². The summed E-state index contributed by atoms with van der Waals surface area (Å²) in [5, 5.41) is 3.00. The highest BCUT2D eigenvalue weighted by Crippen LogP contribution is 2.49. The van der Waals surface area contributed by atoms with Gasteiger partial charge in [-0.05, 0) is 84.4 Å². The number of ether oxygens (including phenoxy) is 2. The average Bonchev–Trinajstić information content (AvgIpc) is 3.54. The van der Waals surface area contributed by atoms with Crippen LogP contribution in [0.4, 0.5) is 26.3 Å². The molecular weight excluding hydrogens is 560 g/mol. The van der Waals surface area contributed by atoms with Crippen molar-refractivity contribution < 1.29 is 40.6 Å². The summed E-state index contributed by atoms with van der Waals surface area (Å²) in [6.07, 6.45) is -4.97. The maximum absolute atomic E-state index is 13.3. The molecule has 4 nitrogen and oxygen atoms in total. The number of rotatable bonds is 10. The number of amides is 1. The minimum absolute atomic E-state index is 0.0769. The van der Waals surface area contributed by atoms with Crippen LogP contribution in [0.3, 0.4) is 0 Å². The van der Waals surface area contributed by atoms with E-state index in [1.54, 1.807) is 30.3 Å². The van der Waals surface area contributed by atoms with Gasteiger partial charge in [-0.15, -0.1) is 26.3 Å². The molecule has 42 heavy (non-hydrogen) atoms. The first-order chi connectivity index (χ1) is 19.9. The van der Waals surface area contributed by atoms with E-state index in [1.165, 1.54) is 30.7 Å². The Morgan fingerprint density at radius 2 is 1.36 bits per heavy atom. The van der Waals surface area contributed by atoms with E-state index in [1.807, 2.05) is 12.1 Å². The van der Waals surface area contributed by atoms with Gasteiger partial charge in [0.2, 0.25) is 5.91 Å². The molecule has 0 saturated heterocycles. The molecule has 0 radical (unpaired) electrons. The Morgan fingerprint density at radius 1 is 0.762 bits per heavy atom. The van der Waals surface area contributed by atoms with E-state index in [-0.39, 0.29) is 24.8 Å². The summed E-state index contributed by atoms with van der Waals surface area (Å²) in [5.74, 6) is 0.288. The van der Waals surface area contributed by atoms with Crippen molar-refractivity contribution in [3.8, 4) is 11.5 Å². The molecule has 2 aliphatic carbocycles. The molecule has 5 rings (SSSR count). The summed E-state index contributed by atoms with van der Waals surface area (Å²) in [4.78, 5) is 13.3. The van der Waals surface area contributed by atoms with Gasteiger partial charge in [0.1, 0.15) is 11.5 Å². The van der Waals surface area contributed by atoms with Crippen molar-refractivity contribution in [3.05, 3.63) is 95.6 Å². The number of carbonyl (C=O) groups is 1. The Labute approximate surface area is 240 Å². The van der Waals surface area contributed by atoms with Crippen LogP contribution < -0.4 is 14.8 Å². The molecule has 3 atom stereocenters. The summed E-state index contributed by atoms with van der Waals surface area (Å²) in [6.45, 7) is -0.0769. The van der Waals surface area contributed by atoms with Crippen LogP contribution in [0.5, 0.6) is 11.5 Å². The Balaban J connectivity index is 1.55. The van der Waals surface area contributed by atoms with Crippen LogP contribution in [-0.4, -0.2) is 25.2 Å². The monoisotopic (exact) mass is 591 g/mol. The fraction of sp³-hybridized carbons (Fsp3) is 0.406. The minimum atomic E-state index is -4.95. The quantitative estimate of drug-likeness (QED) is 0.244. The first-order valence-electron chi connectivity index (χ1n) is 13.9. The van der Waals surface area contributed by atoms with Crippen LogP contribution in [0.2, 0.25) is 0 Å². The lowest BCUT2D eigenvalue weighted by Gasteiger charge is -2.36. The van der Waals surface area contributed by atoms with E-state index in [4.69, 9.17) is 0 Å². The zero-order valence-corrected chi connectivity index (χ0v) is 22.7. The van der Waals surface area contributed by atoms with Crippen LogP contribution >= 0.6 is 0 Å². The zero-order valence-electron chi connectivity index (χ0n) is 22.7. The SMILES string of the molecule is O=C(C[C@H]1C[C@H]2CC[C@@H]1C2)NCC(Cc1ccccc1)(c1cccc(OC(F)(F)F)c1)c1cccc(OC(F)(F)F)c1. The Morgan fingerprint density at radius 3 is 1.86 bits per heavy atom. The van der Waals surface area contributed by atoms with Crippen LogP contribution in [0.25, 0.3) is 0 Å². The average molecular weight is 592 g/mol. The molecule has 10 heteroatoms. The second-order valence-corrected chi connectivity index (χ2v) is 11.3. The van der Waals surface area contributed by atoms with Gasteiger partial charge in [-0.25, -0.2) is 0 Å². The fourth-order valence-electron chi connectivity index (χ4n) is 6.75. The first kappa shape index (κ1) is 29.8. The lowest BCUT2D eigenvalue weighted by atomic mass is 9.70. The van der Waals surface area contributed by atoms with Gasteiger partial charge in [-0.3, -0.25) is 4.79 Å². The largest absolute Gasteiger partial charge is 0.573 e. The van der Waals surface area contributed by atoms with Gasteiger partial charge < -0.3 is 14.8 Å². The van der Waals surface area contributed by atoms with E-state index >= 15 is 0 Å². The molecule has 3 aromatic rings. The van der Waals surface area contributed by atoms with Crippen LogP contribution in [0, 0.1) is 17.8 Å². The number of alkyl halides is 6. The van der Waals surface area contributed by atoms with Gasteiger partial charge >= 0.3 is 12.7 Å². The lowest BCUT2D eigenvalue weighted by molar-refractivity contribution is -0.275. The van der Waals surface area contributed by atoms with Gasteiger partial charge in [0, 0.05) is 18.4 Å². The van der Waals surface area contributed by atoms with Crippen LogP contribution in [0.15, 0.2) is 78.9 Å². The molecular formula is C32H31F6NO3. The molecule has 3 aromatic carbocycles. The summed E-state index contributed by atoms with van der Waals surface area (Å²) in [7, 11) is 0. The number of fused-ring (bicyclic) bond motifs is 2. The third-order valence-corrected chi connectivity index (χ3v) is 8.51. The minimum Gasteiger partial charge on any atom is -0.406 e. The fourth-order valence-corrected chi connectivity index (χ4v) is 6.75. The molecule has 2 bridgehead atoms. The molecule has 0 spiro atoms. The van der Waals surface area contributed by atoms with E-state index in [0.29, 0.717) is 29.4 Å². The topological polar surface area (TPSA) is 47.6 Å². The molecule has 0 unspecified atom stereocenters. The van der Waals surface area contributed by atoms with Crippen LogP contribution in [0.1, 0.15) is 48.8 Å². The maximum atomic E-state index is 13.3. The predicted molar refractivity (Wildman–Crippen MR) is 144 cm³/mol. The van der Waals surface area contributed by atoms with Crippen LogP contribution in [-0.2, 0) is 16.6 Å². The van der Waals surface area contributed by atoms with Gasteiger partial charge in [-0.1, -0.05) is 61.0 Å². The molecule has 0 aliphatic heterocycles. The Hall–Kier alpha value is -3.69. The summed E-state index contributed by atoms with van der Waals surface area (Å²) in [6, 6.07) is 19.7. The predicted octanol–water partition coefficient (Wildman–Crippen LogP) is 7.96. The van der Waals surface area contributed by atoms with Gasteiger partial charge in [0.15, 0.2) is 0 Å². The van der Waals surface area contributed by atoms with E-state index in [9.17, 15) is 31.1 Å². The molecule has 2 fully saturated rings. The number of nitrogens with one attached hydrogen (secondary N) is 1. The number of halogens is 6. The number of benzene rings is 3. The third kappa shape index (κ3) is 7.38. The molecule has 1 amide bonds. The number of hydrogen-bond acceptors (Lipinski definition) is 3. The normalized spacial score (nSPS) is 20.4. The molecule has 0 heterocycles. The highest BCUT2D eigenvalue weighted by Gasteiger charge is 2.41. The molecule has 2 aliphatic rings. The van der Waals surface area contributed by atoms with Crippen molar-refractivity contribution >= 4 is 5.91 Å². The van der Waals surface area contributed by atoms with Crippen molar-refractivity contribution in [1.29, 1.82) is 0 Å². The maximum Gasteiger partial charge on any atom is 0.573 e. The summed E-state index contributed by atoms with van der Waals surface area (Å²) in [5.41, 5.74) is 0.154. The van der Waals surface area contributed by atoms with Crippen molar-refractivity contribution in [3.63, 3.8) is 0 Å². The molecule has 224 valence electrons. The van der Waals surface area contributed by atoms with Crippen molar-refractivity contribution in [2.45, 2.75) is 56.7 Å². The lowest BCUT2D eigenvalue weighted by Crippen LogP contribution is -2.44. The zero-order chi connectivity index (χ0) is 30.0. The Bertz CT molecular complexity index is 1310. The molecule has 1 N–H and O–H groups in total. The molecule has 2 saturated carbocycles. The second kappa shape index (κ2) is 11.9. The van der Waals surface area contributed by atoms with E-state index in [2.05, 4.69) is 14.8 Å². The van der Waals surface area contributed by atoms with Gasteiger partial charge in [-0.2, -0.15) is 0 Å². The van der Waals surface area contributed by atoms with Gasteiger partial charge in [0.25, 0.3) is 0 Å². The van der Waals surface area contributed by atoms with Crippen molar-refractivity contribution in [1.82, 2.24) is 5.32 Å². The highest BCUT2D eigenvalue weighted by molar-refractivity contribution is 5.76. The second-order valence-electron chi connectivity index (χ2n) is 11.3. The third-order valence-electron chi connectivity index (χ3n) is 8.51. The summed E-state index contributed by atoms with van der Waals surface area (Å²) < 4.78 is 87.3.